The Balaban J connectivity index is 1.55. The molecule has 0 fully saturated rings. The molecule has 1 aliphatic rings. The highest BCUT2D eigenvalue weighted by Crippen LogP contribution is 2.24. The third-order valence-corrected chi connectivity index (χ3v) is 6.39. The monoisotopic (exact) mass is 419 g/mol. The topological polar surface area (TPSA) is 64.0 Å². The molecule has 0 radical (unpaired) electrons. The number of nitrogens with zero attached hydrogens (tertiary/aromatic N) is 2. The summed E-state index contributed by atoms with van der Waals surface area (Å²) in [6.45, 7) is 1.93. The van der Waals surface area contributed by atoms with E-state index < -0.39 is 0 Å². The molecule has 0 bridgehead atoms. The minimum Gasteiger partial charge on any atom is -0.348 e. The predicted octanol–water partition coefficient (Wildman–Crippen LogP) is 3.90. The van der Waals surface area contributed by atoms with Crippen molar-refractivity contribution in [1.29, 1.82) is 0 Å². The van der Waals surface area contributed by atoms with Crippen LogP contribution >= 0.6 is 11.8 Å². The van der Waals surface area contributed by atoms with Crippen LogP contribution in [0, 0.1) is 0 Å². The van der Waals surface area contributed by atoms with Crippen LogP contribution in [-0.2, 0) is 29.9 Å². The van der Waals surface area contributed by atoms with Crippen LogP contribution in [-0.4, -0.2) is 15.5 Å². The van der Waals surface area contributed by atoms with Crippen molar-refractivity contribution in [3.05, 3.63) is 93.4 Å². The van der Waals surface area contributed by atoms with Gasteiger partial charge in [-0.15, -0.1) is 0 Å². The summed E-state index contributed by atoms with van der Waals surface area (Å²) in [6, 6.07) is 19.8. The van der Waals surface area contributed by atoms with Gasteiger partial charge in [-0.3, -0.25) is 14.2 Å². The number of carbonyl (C=O) groups excluding carboxylic acids is 1. The van der Waals surface area contributed by atoms with Gasteiger partial charge in [0.25, 0.3) is 5.56 Å². The number of amides is 1. The van der Waals surface area contributed by atoms with E-state index in [1.54, 1.807) is 4.57 Å². The number of hydrogen-bond acceptors (Lipinski definition) is 4. The number of nitrogens with one attached hydrogen (secondary N) is 1. The van der Waals surface area contributed by atoms with Gasteiger partial charge in [0.05, 0.1) is 11.7 Å². The van der Waals surface area contributed by atoms with E-state index in [1.807, 2.05) is 55.5 Å². The van der Waals surface area contributed by atoms with Gasteiger partial charge in [-0.1, -0.05) is 72.4 Å². The molecule has 1 amide bonds. The second-order valence-corrected chi connectivity index (χ2v) is 8.48. The lowest BCUT2D eigenvalue weighted by Crippen LogP contribution is -2.36. The van der Waals surface area contributed by atoms with Gasteiger partial charge >= 0.3 is 0 Å². The number of aromatic nitrogens is 2. The first-order chi connectivity index (χ1) is 14.6. The van der Waals surface area contributed by atoms with Crippen LogP contribution in [0.5, 0.6) is 0 Å². The molecule has 3 aromatic rings. The van der Waals surface area contributed by atoms with Crippen LogP contribution in [0.15, 0.2) is 70.6 Å². The molecule has 1 N–H and O–H groups in total. The third-order valence-electron chi connectivity index (χ3n) is 5.34. The highest BCUT2D eigenvalue weighted by Gasteiger charge is 2.22. The smallest absolute Gasteiger partial charge is 0.258 e. The summed E-state index contributed by atoms with van der Waals surface area (Å²) in [5.74, 6) is 0.517. The molecule has 6 heteroatoms. The molecule has 0 saturated carbocycles. The average molecular weight is 420 g/mol. The van der Waals surface area contributed by atoms with Gasteiger partial charge in [0.2, 0.25) is 5.91 Å². The van der Waals surface area contributed by atoms with E-state index in [0.717, 1.165) is 41.6 Å². The first-order valence-corrected chi connectivity index (χ1v) is 11.2. The average Bonchev–Trinajstić information content (AvgIpc) is 3.24. The number of fused-ring (bicyclic) bond motifs is 1. The molecule has 1 atom stereocenters. The van der Waals surface area contributed by atoms with Crippen LogP contribution in [0.4, 0.5) is 0 Å². The summed E-state index contributed by atoms with van der Waals surface area (Å²) >= 11 is 1.51. The van der Waals surface area contributed by atoms with Crippen molar-refractivity contribution < 1.29 is 4.79 Å². The summed E-state index contributed by atoms with van der Waals surface area (Å²) in [5.41, 5.74) is 3.78. The van der Waals surface area contributed by atoms with Gasteiger partial charge in [0.15, 0.2) is 5.16 Å². The maximum Gasteiger partial charge on any atom is 0.258 e. The Morgan fingerprint density at radius 1 is 1.10 bits per heavy atom. The first kappa shape index (κ1) is 20.4. The quantitative estimate of drug-likeness (QED) is 0.466. The maximum absolute atomic E-state index is 13.1. The number of thioether (sulfide) groups is 1. The van der Waals surface area contributed by atoms with Crippen LogP contribution < -0.4 is 10.9 Å². The maximum atomic E-state index is 13.1. The summed E-state index contributed by atoms with van der Waals surface area (Å²) in [7, 11) is 0. The normalized spacial score (nSPS) is 13.6. The van der Waals surface area contributed by atoms with E-state index >= 15 is 0 Å². The van der Waals surface area contributed by atoms with Crippen molar-refractivity contribution in [2.75, 3.05) is 0 Å². The van der Waals surface area contributed by atoms with Crippen LogP contribution in [0.1, 0.15) is 41.8 Å². The number of carbonyl (C=O) groups is 1. The number of benzene rings is 2. The van der Waals surface area contributed by atoms with Crippen LogP contribution in [0.3, 0.4) is 0 Å². The Morgan fingerprint density at radius 3 is 2.53 bits per heavy atom. The molecule has 0 spiro atoms. The second kappa shape index (κ2) is 9.30. The molecule has 4 rings (SSSR count). The lowest BCUT2D eigenvalue weighted by atomic mass is 10.1. The van der Waals surface area contributed by atoms with Gasteiger partial charge in [-0.2, -0.15) is 0 Å². The fourth-order valence-electron chi connectivity index (χ4n) is 3.73. The van der Waals surface area contributed by atoms with Gasteiger partial charge in [-0.05, 0) is 37.3 Å². The Hall–Kier alpha value is -2.86. The second-order valence-electron chi connectivity index (χ2n) is 7.54. The summed E-state index contributed by atoms with van der Waals surface area (Å²) in [4.78, 5) is 30.6. The van der Waals surface area contributed by atoms with Crippen molar-refractivity contribution in [2.45, 2.75) is 49.7 Å². The molecule has 0 aliphatic heterocycles. The molecule has 2 aromatic carbocycles. The van der Waals surface area contributed by atoms with E-state index in [-0.39, 0.29) is 24.1 Å². The minimum atomic E-state index is -0.185. The number of hydrogen-bond donors (Lipinski definition) is 1. The lowest BCUT2D eigenvalue weighted by molar-refractivity contribution is -0.122. The Kier molecular flexibility index (Phi) is 6.33. The summed E-state index contributed by atoms with van der Waals surface area (Å²) < 4.78 is 1.55. The Bertz CT molecular complexity index is 1080. The van der Waals surface area contributed by atoms with Crippen molar-refractivity contribution in [1.82, 2.24) is 14.9 Å². The highest BCUT2D eigenvalue weighted by atomic mass is 32.2. The van der Waals surface area contributed by atoms with Gasteiger partial charge < -0.3 is 5.32 Å². The summed E-state index contributed by atoms with van der Waals surface area (Å²) in [5, 5.41) is 3.62. The predicted molar refractivity (Wildman–Crippen MR) is 120 cm³/mol. The van der Waals surface area contributed by atoms with Crippen LogP contribution in [0.2, 0.25) is 0 Å². The molecule has 0 saturated heterocycles. The van der Waals surface area contributed by atoms with E-state index in [0.29, 0.717) is 10.9 Å². The minimum absolute atomic E-state index is 0.0204. The molecular weight excluding hydrogens is 394 g/mol. The van der Waals surface area contributed by atoms with E-state index in [9.17, 15) is 9.59 Å². The zero-order valence-corrected chi connectivity index (χ0v) is 17.8. The standard InChI is InChI=1S/C24H25N3O2S/c1-17(19-11-6-3-7-12-19)25-22(28)15-27-23(29)20-13-8-14-21(20)26-24(27)30-16-18-9-4-2-5-10-18/h2-7,9-12,17H,8,13-16H2,1H3,(H,25,28)/t17-/m0/s1. The zero-order chi connectivity index (χ0) is 20.9. The van der Waals surface area contributed by atoms with Crippen LogP contribution in [0.25, 0.3) is 0 Å². The van der Waals surface area contributed by atoms with Gasteiger partial charge in [0, 0.05) is 11.3 Å². The zero-order valence-electron chi connectivity index (χ0n) is 17.0. The molecule has 154 valence electrons. The van der Waals surface area contributed by atoms with E-state index in [1.165, 1.54) is 11.8 Å². The van der Waals surface area contributed by atoms with Gasteiger partial charge in [0.1, 0.15) is 6.54 Å². The Morgan fingerprint density at radius 2 is 1.80 bits per heavy atom. The SMILES string of the molecule is C[C@H](NC(=O)Cn1c(SCc2ccccc2)nc2c(c1=O)CCC2)c1ccccc1. The van der Waals surface area contributed by atoms with E-state index in [2.05, 4.69) is 17.4 Å². The molecule has 30 heavy (non-hydrogen) atoms. The highest BCUT2D eigenvalue weighted by molar-refractivity contribution is 7.98. The molecule has 1 aromatic heterocycles. The van der Waals surface area contributed by atoms with E-state index in [4.69, 9.17) is 4.98 Å². The molecule has 1 heterocycles. The number of aryl methyl sites for hydroxylation is 1. The van der Waals surface area contributed by atoms with Crippen molar-refractivity contribution >= 4 is 17.7 Å². The first-order valence-electron chi connectivity index (χ1n) is 10.3. The largest absolute Gasteiger partial charge is 0.348 e. The molecule has 1 aliphatic carbocycles. The molecule has 0 unspecified atom stereocenters. The van der Waals surface area contributed by atoms with Crippen molar-refractivity contribution in [3.63, 3.8) is 0 Å². The van der Waals surface area contributed by atoms with Crippen molar-refractivity contribution in [3.8, 4) is 0 Å². The third kappa shape index (κ3) is 4.65. The lowest BCUT2D eigenvalue weighted by Gasteiger charge is -2.17. The fraction of sp³-hybridized carbons (Fsp3) is 0.292. The van der Waals surface area contributed by atoms with Crippen molar-refractivity contribution in [2.24, 2.45) is 0 Å². The summed E-state index contributed by atoms with van der Waals surface area (Å²) in [6.07, 6.45) is 2.52. The Labute approximate surface area is 180 Å². The molecule has 5 nitrogen and oxygen atoms in total. The van der Waals surface area contributed by atoms with Gasteiger partial charge in [-0.25, -0.2) is 4.98 Å². The molecular formula is C24H25N3O2S. The number of rotatable bonds is 7. The fourth-order valence-corrected chi connectivity index (χ4v) is 4.70.